The number of ether oxygens (including phenoxy) is 1. The molecule has 3 N–H and O–H groups in total. The van der Waals surface area contributed by atoms with Crippen LogP contribution in [-0.2, 0) is 23.0 Å². The van der Waals surface area contributed by atoms with Gasteiger partial charge in [-0.3, -0.25) is 9.48 Å². The molecule has 1 atom stereocenters. The number of carbonyl (C=O) groups excluding carboxylic acids is 1. The predicted octanol–water partition coefficient (Wildman–Crippen LogP) is 0.296. The number of nitrogen functional groups attached to an aromatic ring is 1. The lowest BCUT2D eigenvalue weighted by atomic mass is 10.1. The molecule has 2 rings (SSSR count). The number of hydrogen-bond donors (Lipinski definition) is 2. The van der Waals surface area contributed by atoms with E-state index in [1.54, 1.807) is 4.68 Å². The first-order valence-electron chi connectivity index (χ1n) is 7.53. The van der Waals surface area contributed by atoms with Gasteiger partial charge in [-0.15, -0.1) is 0 Å². The largest absolute Gasteiger partial charge is 0.394 e. The van der Waals surface area contributed by atoms with Crippen molar-refractivity contribution in [3.8, 4) is 0 Å². The Kier molecular flexibility index (Phi) is 5.06. The van der Waals surface area contributed by atoms with E-state index in [9.17, 15) is 4.79 Å². The Labute approximate surface area is 125 Å². The summed E-state index contributed by atoms with van der Waals surface area (Å²) in [7, 11) is 1.87. The Morgan fingerprint density at radius 1 is 1.52 bits per heavy atom. The second-order valence-electron chi connectivity index (χ2n) is 5.24. The molecule has 1 fully saturated rings. The standard InChI is InChI=1S/C14H25N5O2/c1-4-6-10-12(15)14(18(3)17-10)19-7-8-21-9-11(19)13(20)16-5-2/h11H,4-9,15H2,1-3H3,(H,16,20). The topological polar surface area (TPSA) is 85.4 Å². The summed E-state index contributed by atoms with van der Waals surface area (Å²) in [5, 5.41) is 7.35. The maximum Gasteiger partial charge on any atom is 0.245 e. The van der Waals surface area contributed by atoms with Crippen molar-refractivity contribution < 1.29 is 9.53 Å². The van der Waals surface area contributed by atoms with Crippen molar-refractivity contribution in [3.63, 3.8) is 0 Å². The Morgan fingerprint density at radius 3 is 2.95 bits per heavy atom. The summed E-state index contributed by atoms with van der Waals surface area (Å²) in [5.41, 5.74) is 7.84. The molecule has 118 valence electrons. The van der Waals surface area contributed by atoms with Crippen molar-refractivity contribution in [1.82, 2.24) is 15.1 Å². The van der Waals surface area contributed by atoms with Gasteiger partial charge in [0.05, 0.1) is 24.6 Å². The minimum absolute atomic E-state index is 0.0326. The lowest BCUT2D eigenvalue weighted by molar-refractivity contribution is -0.124. The fourth-order valence-electron chi connectivity index (χ4n) is 2.71. The molecule has 1 saturated heterocycles. The highest BCUT2D eigenvalue weighted by Crippen LogP contribution is 2.29. The van der Waals surface area contributed by atoms with E-state index in [1.165, 1.54) is 0 Å². The third kappa shape index (κ3) is 3.12. The lowest BCUT2D eigenvalue weighted by Gasteiger charge is -2.36. The number of nitrogens with zero attached hydrogens (tertiary/aromatic N) is 3. The zero-order valence-electron chi connectivity index (χ0n) is 13.1. The maximum atomic E-state index is 12.2. The van der Waals surface area contributed by atoms with Crippen molar-refractivity contribution >= 4 is 17.4 Å². The number of nitrogens with one attached hydrogen (secondary N) is 1. The Morgan fingerprint density at radius 2 is 2.29 bits per heavy atom. The molecule has 0 aliphatic carbocycles. The predicted molar refractivity (Wildman–Crippen MR) is 82.3 cm³/mol. The normalized spacial score (nSPS) is 18.8. The first-order valence-corrected chi connectivity index (χ1v) is 7.53. The van der Waals surface area contributed by atoms with Gasteiger partial charge < -0.3 is 20.7 Å². The third-order valence-corrected chi connectivity index (χ3v) is 3.67. The summed E-state index contributed by atoms with van der Waals surface area (Å²) in [6.07, 6.45) is 1.83. The minimum atomic E-state index is -0.356. The Balaban J connectivity index is 2.31. The van der Waals surface area contributed by atoms with Gasteiger partial charge in [0.1, 0.15) is 6.04 Å². The van der Waals surface area contributed by atoms with Gasteiger partial charge in [-0.2, -0.15) is 5.10 Å². The quantitative estimate of drug-likeness (QED) is 0.816. The van der Waals surface area contributed by atoms with Gasteiger partial charge in [-0.05, 0) is 13.3 Å². The fraction of sp³-hybridized carbons (Fsp3) is 0.714. The van der Waals surface area contributed by atoms with Gasteiger partial charge in [0, 0.05) is 20.1 Å². The van der Waals surface area contributed by atoms with Gasteiger partial charge in [0.2, 0.25) is 5.91 Å². The van der Waals surface area contributed by atoms with E-state index in [0.29, 0.717) is 32.0 Å². The number of nitrogens with two attached hydrogens (primary N) is 1. The van der Waals surface area contributed by atoms with Crippen molar-refractivity contribution in [2.75, 3.05) is 36.9 Å². The van der Waals surface area contributed by atoms with E-state index in [0.717, 1.165) is 24.4 Å². The summed E-state index contributed by atoms with van der Waals surface area (Å²) < 4.78 is 7.24. The monoisotopic (exact) mass is 295 g/mol. The number of aromatic nitrogens is 2. The zero-order chi connectivity index (χ0) is 15.4. The molecule has 1 aromatic heterocycles. The number of rotatable bonds is 5. The summed E-state index contributed by atoms with van der Waals surface area (Å²) in [6.45, 7) is 6.20. The van der Waals surface area contributed by atoms with Gasteiger partial charge in [-0.1, -0.05) is 13.3 Å². The van der Waals surface area contributed by atoms with Crippen LogP contribution in [0.4, 0.5) is 11.5 Å². The molecular formula is C14H25N5O2. The number of hydrogen-bond acceptors (Lipinski definition) is 5. The summed E-state index contributed by atoms with van der Waals surface area (Å²) in [4.78, 5) is 14.2. The molecule has 7 heteroatoms. The first-order chi connectivity index (χ1) is 10.1. The number of aryl methyl sites for hydroxylation is 2. The maximum absolute atomic E-state index is 12.2. The van der Waals surface area contributed by atoms with Crippen molar-refractivity contribution in [3.05, 3.63) is 5.69 Å². The molecule has 21 heavy (non-hydrogen) atoms. The van der Waals surface area contributed by atoms with Crippen LogP contribution >= 0.6 is 0 Å². The molecule has 1 unspecified atom stereocenters. The van der Waals surface area contributed by atoms with Crippen molar-refractivity contribution in [2.24, 2.45) is 7.05 Å². The van der Waals surface area contributed by atoms with Gasteiger partial charge >= 0.3 is 0 Å². The van der Waals surface area contributed by atoms with Crippen LogP contribution in [-0.4, -0.2) is 48.0 Å². The van der Waals surface area contributed by atoms with E-state index >= 15 is 0 Å². The molecule has 1 aliphatic heterocycles. The SMILES string of the molecule is CCCc1nn(C)c(N2CCOCC2C(=O)NCC)c1N. The van der Waals surface area contributed by atoms with Crippen LogP contribution in [0.15, 0.2) is 0 Å². The molecule has 1 aliphatic rings. The molecule has 1 aromatic rings. The van der Waals surface area contributed by atoms with Crippen LogP contribution in [0.1, 0.15) is 26.0 Å². The Bertz CT molecular complexity index is 500. The van der Waals surface area contributed by atoms with E-state index in [2.05, 4.69) is 17.3 Å². The fourth-order valence-corrected chi connectivity index (χ4v) is 2.71. The number of amides is 1. The van der Waals surface area contributed by atoms with E-state index < -0.39 is 0 Å². The molecule has 0 radical (unpaired) electrons. The van der Waals surface area contributed by atoms with Crippen LogP contribution < -0.4 is 16.0 Å². The Hall–Kier alpha value is -1.76. The number of carbonyl (C=O) groups is 1. The van der Waals surface area contributed by atoms with Crippen LogP contribution in [0.2, 0.25) is 0 Å². The highest BCUT2D eigenvalue weighted by molar-refractivity contribution is 5.86. The van der Waals surface area contributed by atoms with E-state index in [-0.39, 0.29) is 11.9 Å². The van der Waals surface area contributed by atoms with Gasteiger partial charge in [0.15, 0.2) is 5.82 Å². The molecule has 0 bridgehead atoms. The second kappa shape index (κ2) is 6.80. The van der Waals surface area contributed by atoms with E-state index in [4.69, 9.17) is 10.5 Å². The van der Waals surface area contributed by atoms with Crippen LogP contribution in [0.25, 0.3) is 0 Å². The highest BCUT2D eigenvalue weighted by atomic mass is 16.5. The summed E-state index contributed by atoms with van der Waals surface area (Å²) in [5.74, 6) is 0.785. The van der Waals surface area contributed by atoms with Crippen LogP contribution in [0.3, 0.4) is 0 Å². The lowest BCUT2D eigenvalue weighted by Crippen LogP contribution is -2.54. The van der Waals surface area contributed by atoms with Crippen LogP contribution in [0.5, 0.6) is 0 Å². The minimum Gasteiger partial charge on any atom is -0.394 e. The second-order valence-corrected chi connectivity index (χ2v) is 5.24. The summed E-state index contributed by atoms with van der Waals surface area (Å²) in [6, 6.07) is -0.356. The molecule has 1 amide bonds. The molecule has 0 aromatic carbocycles. The average molecular weight is 295 g/mol. The smallest absolute Gasteiger partial charge is 0.245 e. The highest BCUT2D eigenvalue weighted by Gasteiger charge is 2.33. The molecular weight excluding hydrogens is 270 g/mol. The first kappa shape index (κ1) is 15.6. The number of morpholine rings is 1. The molecule has 0 saturated carbocycles. The zero-order valence-corrected chi connectivity index (χ0v) is 13.1. The van der Waals surface area contributed by atoms with E-state index in [1.807, 2.05) is 18.9 Å². The van der Waals surface area contributed by atoms with Crippen LogP contribution in [0, 0.1) is 0 Å². The van der Waals surface area contributed by atoms with Gasteiger partial charge in [0.25, 0.3) is 0 Å². The summed E-state index contributed by atoms with van der Waals surface area (Å²) >= 11 is 0. The van der Waals surface area contributed by atoms with Crippen molar-refractivity contribution in [1.29, 1.82) is 0 Å². The third-order valence-electron chi connectivity index (χ3n) is 3.67. The van der Waals surface area contributed by atoms with Gasteiger partial charge in [-0.25, -0.2) is 0 Å². The molecule has 0 spiro atoms. The number of anilines is 2. The van der Waals surface area contributed by atoms with Crippen molar-refractivity contribution in [2.45, 2.75) is 32.7 Å². The molecule has 2 heterocycles. The molecule has 7 nitrogen and oxygen atoms in total. The number of likely N-dealkylation sites (N-methyl/N-ethyl adjacent to an activating group) is 1. The average Bonchev–Trinajstić information content (AvgIpc) is 2.74.